The van der Waals surface area contributed by atoms with Crippen LogP contribution in [0.2, 0.25) is 0 Å². The molecule has 1 aliphatic carbocycles. The van der Waals surface area contributed by atoms with E-state index in [1.807, 2.05) is 12.4 Å². The minimum atomic E-state index is 0.254. The molecule has 0 aromatic carbocycles. The van der Waals surface area contributed by atoms with Crippen LogP contribution in [0.25, 0.3) is 0 Å². The van der Waals surface area contributed by atoms with E-state index in [1.54, 1.807) is 0 Å². The first-order valence-electron chi connectivity index (χ1n) is 7.43. The molecule has 1 aromatic heterocycles. The molecule has 3 nitrogen and oxygen atoms in total. The van der Waals surface area contributed by atoms with Crippen LogP contribution in [0.5, 0.6) is 0 Å². The monoisotopic (exact) mass is 260 g/mol. The summed E-state index contributed by atoms with van der Waals surface area (Å²) in [5.74, 6) is 0.731. The van der Waals surface area contributed by atoms with E-state index >= 15 is 0 Å². The summed E-state index contributed by atoms with van der Waals surface area (Å²) >= 11 is 0. The first-order valence-corrected chi connectivity index (χ1v) is 7.43. The van der Waals surface area contributed by atoms with Gasteiger partial charge in [-0.1, -0.05) is 19.8 Å². The number of aromatic nitrogens is 1. The molecule has 0 aliphatic heterocycles. The van der Waals surface area contributed by atoms with Crippen molar-refractivity contribution >= 4 is 5.78 Å². The van der Waals surface area contributed by atoms with E-state index in [0.29, 0.717) is 5.78 Å². The van der Waals surface area contributed by atoms with Crippen LogP contribution < -0.4 is 0 Å². The van der Waals surface area contributed by atoms with Crippen molar-refractivity contribution in [2.24, 2.45) is 5.92 Å². The Morgan fingerprint density at radius 1 is 1.26 bits per heavy atom. The van der Waals surface area contributed by atoms with Crippen LogP contribution >= 0.6 is 0 Å². The molecule has 1 atom stereocenters. The molecule has 19 heavy (non-hydrogen) atoms. The molecule has 1 unspecified atom stereocenters. The highest BCUT2D eigenvalue weighted by atomic mass is 16.1. The number of rotatable bonds is 5. The summed E-state index contributed by atoms with van der Waals surface area (Å²) < 4.78 is 0. The van der Waals surface area contributed by atoms with Crippen molar-refractivity contribution in [3.8, 4) is 0 Å². The summed E-state index contributed by atoms with van der Waals surface area (Å²) in [5.41, 5.74) is 1.28. The van der Waals surface area contributed by atoms with Gasteiger partial charge in [0, 0.05) is 37.8 Å². The summed E-state index contributed by atoms with van der Waals surface area (Å²) in [4.78, 5) is 18.5. The largest absolute Gasteiger partial charge is 0.299 e. The average molecular weight is 260 g/mol. The second-order valence-electron chi connectivity index (χ2n) is 5.45. The fraction of sp³-hybridized carbons (Fsp3) is 0.625. The number of carbonyl (C=O) groups excluding carboxylic acids is 1. The molecule has 0 radical (unpaired) electrons. The third-order valence-electron chi connectivity index (χ3n) is 4.01. The smallest absolute Gasteiger partial charge is 0.137 e. The Hall–Kier alpha value is -1.22. The molecule has 0 saturated heterocycles. The fourth-order valence-corrected chi connectivity index (χ4v) is 2.79. The van der Waals surface area contributed by atoms with Gasteiger partial charge in [0.05, 0.1) is 0 Å². The van der Waals surface area contributed by atoms with Gasteiger partial charge in [0.1, 0.15) is 5.78 Å². The lowest BCUT2D eigenvalue weighted by Gasteiger charge is -2.25. The van der Waals surface area contributed by atoms with Crippen LogP contribution in [0, 0.1) is 5.92 Å². The van der Waals surface area contributed by atoms with Gasteiger partial charge < -0.3 is 0 Å². The molecule has 0 bridgehead atoms. The van der Waals surface area contributed by atoms with Gasteiger partial charge in [0.15, 0.2) is 0 Å². The first-order chi connectivity index (χ1) is 9.29. The van der Waals surface area contributed by atoms with Gasteiger partial charge in [-0.15, -0.1) is 0 Å². The molecule has 1 aromatic rings. The van der Waals surface area contributed by atoms with Gasteiger partial charge in [-0.3, -0.25) is 14.7 Å². The summed E-state index contributed by atoms with van der Waals surface area (Å²) in [6.07, 6.45) is 9.05. The van der Waals surface area contributed by atoms with Gasteiger partial charge in [-0.25, -0.2) is 0 Å². The zero-order chi connectivity index (χ0) is 13.5. The maximum absolute atomic E-state index is 12.1. The second kappa shape index (κ2) is 7.39. The number of carbonyl (C=O) groups is 1. The Bertz CT molecular complexity index is 391. The zero-order valence-corrected chi connectivity index (χ0v) is 11.8. The topological polar surface area (TPSA) is 33.2 Å². The van der Waals surface area contributed by atoms with E-state index in [9.17, 15) is 4.79 Å². The average Bonchev–Trinajstić information content (AvgIpc) is 2.64. The van der Waals surface area contributed by atoms with Crippen molar-refractivity contribution in [1.29, 1.82) is 0 Å². The highest BCUT2D eigenvalue weighted by Crippen LogP contribution is 2.21. The van der Waals surface area contributed by atoms with Crippen LogP contribution in [0.15, 0.2) is 24.5 Å². The molecular weight excluding hydrogens is 236 g/mol. The fourth-order valence-electron chi connectivity index (χ4n) is 2.79. The molecule has 1 aliphatic rings. The third kappa shape index (κ3) is 4.43. The molecule has 1 saturated carbocycles. The molecule has 0 spiro atoms. The quantitative estimate of drug-likeness (QED) is 0.763. The van der Waals surface area contributed by atoms with Crippen LogP contribution in [0.3, 0.4) is 0 Å². The molecule has 1 heterocycles. The van der Waals surface area contributed by atoms with E-state index < -0.39 is 0 Å². The molecule has 1 fully saturated rings. The lowest BCUT2D eigenvalue weighted by Crippen LogP contribution is -2.32. The third-order valence-corrected chi connectivity index (χ3v) is 4.01. The molecule has 2 rings (SSSR count). The van der Waals surface area contributed by atoms with Crippen molar-refractivity contribution in [3.05, 3.63) is 30.1 Å². The molecule has 0 amide bonds. The number of nitrogens with zero attached hydrogens (tertiary/aromatic N) is 2. The zero-order valence-electron chi connectivity index (χ0n) is 11.8. The lowest BCUT2D eigenvalue weighted by atomic mass is 9.98. The Morgan fingerprint density at radius 2 is 2.05 bits per heavy atom. The standard InChI is InChI=1S/C16H24N2O/c1-2-18(12-14-8-10-17-11-9-14)13-15-6-4-3-5-7-16(15)19/h8-11,15H,2-7,12-13H2,1H3. The van der Waals surface area contributed by atoms with E-state index in [0.717, 1.165) is 38.9 Å². The number of pyridine rings is 1. The summed E-state index contributed by atoms with van der Waals surface area (Å²) in [7, 11) is 0. The van der Waals surface area contributed by atoms with Crippen LogP contribution in [0.1, 0.15) is 44.6 Å². The van der Waals surface area contributed by atoms with Crippen molar-refractivity contribution in [3.63, 3.8) is 0 Å². The van der Waals surface area contributed by atoms with E-state index in [2.05, 4.69) is 28.9 Å². The Kier molecular flexibility index (Phi) is 5.52. The van der Waals surface area contributed by atoms with Gasteiger partial charge in [0.25, 0.3) is 0 Å². The minimum absolute atomic E-state index is 0.254. The van der Waals surface area contributed by atoms with E-state index in [1.165, 1.54) is 18.4 Å². The van der Waals surface area contributed by atoms with Gasteiger partial charge in [-0.05, 0) is 37.1 Å². The van der Waals surface area contributed by atoms with E-state index in [-0.39, 0.29) is 5.92 Å². The van der Waals surface area contributed by atoms with Crippen LogP contribution in [0.4, 0.5) is 0 Å². The number of hydrogen-bond acceptors (Lipinski definition) is 3. The minimum Gasteiger partial charge on any atom is -0.299 e. The summed E-state index contributed by atoms with van der Waals surface area (Å²) in [6, 6.07) is 4.11. The van der Waals surface area contributed by atoms with Gasteiger partial charge in [-0.2, -0.15) is 0 Å². The molecule has 104 valence electrons. The lowest BCUT2D eigenvalue weighted by molar-refractivity contribution is -0.123. The molecular formula is C16H24N2O. The predicted octanol–water partition coefficient (Wildman–Crippen LogP) is 3.05. The summed E-state index contributed by atoms with van der Waals surface area (Å²) in [5, 5.41) is 0. The van der Waals surface area contributed by atoms with Crippen molar-refractivity contribution in [1.82, 2.24) is 9.88 Å². The molecule has 0 N–H and O–H groups in total. The Labute approximate surface area is 116 Å². The van der Waals surface area contributed by atoms with E-state index in [4.69, 9.17) is 0 Å². The normalized spacial score (nSPS) is 20.5. The number of Topliss-reactive ketones (excluding diaryl/α,β-unsaturated/α-hetero) is 1. The Balaban J connectivity index is 1.92. The summed E-state index contributed by atoms with van der Waals surface area (Å²) in [6.45, 7) is 4.99. The highest BCUT2D eigenvalue weighted by molar-refractivity contribution is 5.81. The maximum atomic E-state index is 12.1. The van der Waals surface area contributed by atoms with Crippen molar-refractivity contribution < 1.29 is 4.79 Å². The first kappa shape index (κ1) is 14.2. The highest BCUT2D eigenvalue weighted by Gasteiger charge is 2.22. The number of ketones is 1. The Morgan fingerprint density at radius 3 is 2.79 bits per heavy atom. The SMILES string of the molecule is CCN(Cc1ccncc1)CC1CCCCCC1=O. The van der Waals surface area contributed by atoms with Crippen LogP contribution in [-0.4, -0.2) is 28.8 Å². The van der Waals surface area contributed by atoms with Crippen molar-refractivity contribution in [2.75, 3.05) is 13.1 Å². The van der Waals surface area contributed by atoms with Crippen LogP contribution in [-0.2, 0) is 11.3 Å². The molecule has 3 heteroatoms. The number of hydrogen-bond donors (Lipinski definition) is 0. The van der Waals surface area contributed by atoms with Gasteiger partial charge >= 0.3 is 0 Å². The predicted molar refractivity (Wildman–Crippen MR) is 76.8 cm³/mol. The second-order valence-corrected chi connectivity index (χ2v) is 5.45. The van der Waals surface area contributed by atoms with Crippen molar-refractivity contribution in [2.45, 2.75) is 45.6 Å². The van der Waals surface area contributed by atoms with Gasteiger partial charge in [0.2, 0.25) is 0 Å². The maximum Gasteiger partial charge on any atom is 0.137 e.